The van der Waals surface area contributed by atoms with Gasteiger partial charge in [-0.2, -0.15) is 0 Å². The molecule has 2 N–H and O–H groups in total. The number of carbonyl (C=O) groups excluding carboxylic acids is 1. The van der Waals surface area contributed by atoms with Gasteiger partial charge in [-0.15, -0.1) is 0 Å². The summed E-state index contributed by atoms with van der Waals surface area (Å²) in [5.74, 6) is 0.940. The van der Waals surface area contributed by atoms with Crippen molar-refractivity contribution < 1.29 is 4.79 Å². The van der Waals surface area contributed by atoms with Crippen molar-refractivity contribution in [1.82, 2.24) is 15.5 Å². The summed E-state index contributed by atoms with van der Waals surface area (Å²) in [5.41, 5.74) is 0. The van der Waals surface area contributed by atoms with Gasteiger partial charge in [-0.3, -0.25) is 9.69 Å². The summed E-state index contributed by atoms with van der Waals surface area (Å²) < 4.78 is 0. The fraction of sp³-hybridized carbons (Fsp3) is 0.929. The zero-order chi connectivity index (χ0) is 13.4. The highest BCUT2D eigenvalue weighted by Crippen LogP contribution is 2.20. The molecule has 0 aliphatic carbocycles. The van der Waals surface area contributed by atoms with Crippen molar-refractivity contribution in [2.24, 2.45) is 5.92 Å². The van der Waals surface area contributed by atoms with Gasteiger partial charge in [0.1, 0.15) is 0 Å². The number of nitrogens with zero attached hydrogens (tertiary/aromatic N) is 1. The van der Waals surface area contributed by atoms with Gasteiger partial charge in [0.25, 0.3) is 0 Å². The maximum atomic E-state index is 11.6. The second-order valence-corrected chi connectivity index (χ2v) is 5.31. The van der Waals surface area contributed by atoms with Gasteiger partial charge >= 0.3 is 0 Å². The van der Waals surface area contributed by atoms with Crippen LogP contribution in [-0.2, 0) is 4.79 Å². The highest BCUT2D eigenvalue weighted by Gasteiger charge is 2.24. The van der Waals surface area contributed by atoms with Gasteiger partial charge in [-0.05, 0) is 51.7 Å². The summed E-state index contributed by atoms with van der Waals surface area (Å²) in [7, 11) is 0. The zero-order valence-electron chi connectivity index (χ0n) is 12.2. The summed E-state index contributed by atoms with van der Waals surface area (Å²) in [6, 6.07) is 0.603. The van der Waals surface area contributed by atoms with Crippen LogP contribution in [0.4, 0.5) is 0 Å². The number of hydrogen-bond acceptors (Lipinski definition) is 3. The van der Waals surface area contributed by atoms with Crippen molar-refractivity contribution >= 4 is 5.91 Å². The van der Waals surface area contributed by atoms with Gasteiger partial charge in [0.15, 0.2) is 0 Å². The maximum absolute atomic E-state index is 11.6. The number of nitrogens with one attached hydrogen (secondary N) is 2. The smallest absolute Gasteiger partial charge is 0.234 e. The molecular weight excluding hydrogens is 226 g/mol. The Kier molecular flexibility index (Phi) is 7.28. The Morgan fingerprint density at radius 3 is 2.56 bits per heavy atom. The largest absolute Gasteiger partial charge is 0.355 e. The molecular formula is C14H29N3O. The molecule has 1 rings (SSSR count). The van der Waals surface area contributed by atoms with E-state index in [9.17, 15) is 4.79 Å². The van der Waals surface area contributed by atoms with E-state index in [-0.39, 0.29) is 5.91 Å². The van der Waals surface area contributed by atoms with Crippen LogP contribution in [0.1, 0.15) is 40.0 Å². The first kappa shape index (κ1) is 15.4. The van der Waals surface area contributed by atoms with E-state index in [0.717, 1.165) is 38.5 Å². The number of likely N-dealkylation sites (tertiary alicyclic amines) is 1. The van der Waals surface area contributed by atoms with Gasteiger partial charge in [0.2, 0.25) is 5.91 Å². The Balaban J connectivity index is 2.20. The monoisotopic (exact) mass is 255 g/mol. The van der Waals surface area contributed by atoms with Crippen LogP contribution in [-0.4, -0.2) is 49.6 Å². The van der Waals surface area contributed by atoms with Crippen molar-refractivity contribution in [2.45, 2.75) is 46.1 Å². The molecule has 18 heavy (non-hydrogen) atoms. The normalized spacial score (nSPS) is 19.7. The van der Waals surface area contributed by atoms with E-state index in [1.54, 1.807) is 0 Å². The molecule has 1 atom stereocenters. The molecule has 0 aromatic heterocycles. The van der Waals surface area contributed by atoms with Gasteiger partial charge < -0.3 is 10.6 Å². The van der Waals surface area contributed by atoms with Gasteiger partial charge in [-0.1, -0.05) is 13.8 Å². The Hall–Kier alpha value is -0.610. The van der Waals surface area contributed by atoms with Crippen molar-refractivity contribution in [3.8, 4) is 0 Å². The minimum absolute atomic E-state index is 0.176. The summed E-state index contributed by atoms with van der Waals surface area (Å²) in [6.45, 7) is 11.0. The van der Waals surface area contributed by atoms with Crippen LogP contribution in [0.25, 0.3) is 0 Å². The molecule has 1 aliphatic rings. The highest BCUT2D eigenvalue weighted by atomic mass is 16.2. The zero-order valence-corrected chi connectivity index (χ0v) is 12.2. The molecule has 1 saturated heterocycles. The van der Waals surface area contributed by atoms with Gasteiger partial charge in [0, 0.05) is 12.6 Å². The van der Waals surface area contributed by atoms with Gasteiger partial charge in [-0.25, -0.2) is 0 Å². The molecule has 4 heteroatoms. The van der Waals surface area contributed by atoms with Crippen molar-refractivity contribution in [2.75, 3.05) is 32.7 Å². The number of carbonyl (C=O) groups is 1. The van der Waals surface area contributed by atoms with Crippen LogP contribution in [0.5, 0.6) is 0 Å². The third kappa shape index (κ3) is 5.36. The second kappa shape index (κ2) is 8.48. The minimum atomic E-state index is 0.176. The first-order chi connectivity index (χ1) is 8.67. The number of amides is 1. The third-order valence-electron chi connectivity index (χ3n) is 3.80. The van der Waals surface area contributed by atoms with E-state index in [0.29, 0.717) is 12.6 Å². The van der Waals surface area contributed by atoms with Crippen LogP contribution in [0, 0.1) is 5.92 Å². The molecule has 1 fully saturated rings. The SMILES string of the molecule is CCCNC(=O)CN1CCC(C(C)NCC)CC1. The maximum Gasteiger partial charge on any atom is 0.234 e. The first-order valence-electron chi connectivity index (χ1n) is 7.39. The second-order valence-electron chi connectivity index (χ2n) is 5.31. The average molecular weight is 255 g/mol. The molecule has 0 radical (unpaired) electrons. The standard InChI is InChI=1S/C14H29N3O/c1-4-8-16-14(18)11-17-9-6-13(7-10-17)12(3)15-5-2/h12-13,15H,4-11H2,1-3H3,(H,16,18). The van der Waals surface area contributed by atoms with Crippen molar-refractivity contribution in [1.29, 1.82) is 0 Å². The average Bonchev–Trinajstić information content (AvgIpc) is 2.37. The molecule has 0 aromatic rings. The summed E-state index contributed by atoms with van der Waals surface area (Å²) in [5, 5.41) is 6.44. The topological polar surface area (TPSA) is 44.4 Å². The molecule has 4 nitrogen and oxygen atoms in total. The fourth-order valence-electron chi connectivity index (χ4n) is 2.62. The molecule has 0 spiro atoms. The minimum Gasteiger partial charge on any atom is -0.355 e. The molecule has 1 aliphatic heterocycles. The van der Waals surface area contributed by atoms with E-state index < -0.39 is 0 Å². The highest BCUT2D eigenvalue weighted by molar-refractivity contribution is 5.77. The van der Waals surface area contributed by atoms with Crippen LogP contribution in [0.15, 0.2) is 0 Å². The fourth-order valence-corrected chi connectivity index (χ4v) is 2.62. The summed E-state index contributed by atoms with van der Waals surface area (Å²) in [4.78, 5) is 13.9. The Morgan fingerprint density at radius 2 is 2.00 bits per heavy atom. The van der Waals surface area contributed by atoms with E-state index in [1.807, 2.05) is 0 Å². The lowest BCUT2D eigenvalue weighted by atomic mass is 9.90. The molecule has 0 bridgehead atoms. The summed E-state index contributed by atoms with van der Waals surface area (Å²) in [6.07, 6.45) is 3.42. The van der Waals surface area contributed by atoms with Crippen molar-refractivity contribution in [3.05, 3.63) is 0 Å². The van der Waals surface area contributed by atoms with E-state index in [2.05, 4.69) is 36.3 Å². The predicted molar refractivity (Wildman–Crippen MR) is 75.6 cm³/mol. The Labute approximate surface area is 111 Å². The number of rotatable bonds is 7. The quantitative estimate of drug-likeness (QED) is 0.719. The van der Waals surface area contributed by atoms with E-state index in [1.165, 1.54) is 12.8 Å². The van der Waals surface area contributed by atoms with E-state index >= 15 is 0 Å². The summed E-state index contributed by atoms with van der Waals surface area (Å²) >= 11 is 0. The lowest BCUT2D eigenvalue weighted by molar-refractivity contribution is -0.122. The van der Waals surface area contributed by atoms with Crippen molar-refractivity contribution in [3.63, 3.8) is 0 Å². The number of piperidine rings is 1. The van der Waals surface area contributed by atoms with E-state index in [4.69, 9.17) is 0 Å². The molecule has 106 valence electrons. The predicted octanol–water partition coefficient (Wildman–Crippen LogP) is 1.22. The van der Waals surface area contributed by atoms with Crippen LogP contribution >= 0.6 is 0 Å². The lowest BCUT2D eigenvalue weighted by Crippen LogP contribution is -2.45. The number of hydrogen-bond donors (Lipinski definition) is 2. The molecule has 1 unspecified atom stereocenters. The molecule has 1 amide bonds. The molecule has 1 heterocycles. The Morgan fingerprint density at radius 1 is 1.33 bits per heavy atom. The van der Waals surface area contributed by atoms with Crippen LogP contribution in [0.2, 0.25) is 0 Å². The molecule has 0 aromatic carbocycles. The lowest BCUT2D eigenvalue weighted by Gasteiger charge is -2.34. The third-order valence-corrected chi connectivity index (χ3v) is 3.80. The Bertz CT molecular complexity index is 237. The van der Waals surface area contributed by atoms with Gasteiger partial charge in [0.05, 0.1) is 6.54 Å². The molecule has 0 saturated carbocycles. The first-order valence-corrected chi connectivity index (χ1v) is 7.39. The van der Waals surface area contributed by atoms with Crippen LogP contribution in [0.3, 0.4) is 0 Å². The van der Waals surface area contributed by atoms with Crippen LogP contribution < -0.4 is 10.6 Å².